The highest BCUT2D eigenvalue weighted by Gasteiger charge is 2.44. The molecule has 2 aromatic heterocycles. The molecule has 8 nitrogen and oxygen atoms in total. The van der Waals surface area contributed by atoms with Gasteiger partial charge in [-0.2, -0.15) is 18.3 Å². The van der Waals surface area contributed by atoms with Crippen LogP contribution in [-0.2, 0) is 11.0 Å². The van der Waals surface area contributed by atoms with Gasteiger partial charge in [-0.05, 0) is 62.2 Å². The van der Waals surface area contributed by atoms with Crippen LogP contribution < -0.4 is 0 Å². The van der Waals surface area contributed by atoms with E-state index in [2.05, 4.69) is 30.9 Å². The fraction of sp³-hybridized carbons (Fsp3) is 0.621. The molecule has 0 aliphatic heterocycles. The molecule has 0 bridgehead atoms. The van der Waals surface area contributed by atoms with E-state index in [-0.39, 0.29) is 59.2 Å². The zero-order valence-electron chi connectivity index (χ0n) is 23.8. The third kappa shape index (κ3) is 7.45. The number of carbonyl (C=O) groups excluding carboxylic acids is 2. The van der Waals surface area contributed by atoms with Gasteiger partial charge in [0.05, 0.1) is 45.9 Å². The van der Waals surface area contributed by atoms with E-state index in [1.54, 1.807) is 0 Å². The predicted molar refractivity (Wildman–Crippen MR) is 151 cm³/mol. The van der Waals surface area contributed by atoms with Crippen LogP contribution in [0, 0.1) is 23.2 Å². The van der Waals surface area contributed by atoms with Crippen LogP contribution >= 0.6 is 23.2 Å². The second-order valence-electron chi connectivity index (χ2n) is 12.7. The minimum absolute atomic E-state index is 0.0189. The van der Waals surface area contributed by atoms with Crippen molar-refractivity contribution in [3.8, 4) is 0 Å². The van der Waals surface area contributed by atoms with Crippen LogP contribution in [0.3, 0.4) is 0 Å². The molecule has 0 unspecified atom stereocenters. The van der Waals surface area contributed by atoms with Crippen molar-refractivity contribution in [3.05, 3.63) is 45.5 Å². The van der Waals surface area contributed by atoms with Crippen molar-refractivity contribution in [1.82, 2.24) is 19.7 Å². The van der Waals surface area contributed by atoms with Crippen LogP contribution in [0.15, 0.2) is 18.6 Å². The van der Waals surface area contributed by atoms with Crippen molar-refractivity contribution < 1.29 is 32.7 Å². The topological polar surface area (TPSA) is 105 Å². The number of aliphatic carboxylic acids is 1. The number of carboxylic acids is 1. The van der Waals surface area contributed by atoms with Gasteiger partial charge in [-0.1, -0.05) is 44.0 Å². The molecule has 0 saturated heterocycles. The van der Waals surface area contributed by atoms with E-state index in [0.717, 1.165) is 35.0 Å². The fourth-order valence-electron chi connectivity index (χ4n) is 6.33. The third-order valence-electron chi connectivity index (χ3n) is 8.15. The number of alkyl halides is 3. The van der Waals surface area contributed by atoms with Crippen molar-refractivity contribution in [2.24, 2.45) is 23.2 Å². The average molecular weight is 632 g/mol. The van der Waals surface area contributed by atoms with Crippen LogP contribution in [0.5, 0.6) is 0 Å². The molecule has 2 heterocycles. The highest BCUT2D eigenvalue weighted by Crippen LogP contribution is 2.43. The summed E-state index contributed by atoms with van der Waals surface area (Å²) in [5, 5.41) is 13.2. The van der Waals surface area contributed by atoms with Gasteiger partial charge in [-0.25, -0.2) is 0 Å². The zero-order valence-corrected chi connectivity index (χ0v) is 25.3. The summed E-state index contributed by atoms with van der Waals surface area (Å²) in [6, 6.07) is -0.701. The number of ketones is 1. The number of hydrogen-bond donors (Lipinski definition) is 1. The summed E-state index contributed by atoms with van der Waals surface area (Å²) in [4.78, 5) is 43.5. The molecule has 2 aromatic rings. The van der Waals surface area contributed by atoms with E-state index < -0.39 is 53.6 Å². The van der Waals surface area contributed by atoms with E-state index in [0.29, 0.717) is 5.92 Å². The number of pyridine rings is 1. The van der Waals surface area contributed by atoms with Crippen molar-refractivity contribution in [3.63, 3.8) is 0 Å². The molecule has 2 aliphatic rings. The minimum atomic E-state index is -4.91. The number of halogens is 5. The largest absolute Gasteiger partial charge is 0.481 e. The molecule has 2 aliphatic carbocycles. The Morgan fingerprint density at radius 2 is 1.60 bits per heavy atom. The number of amides is 1. The normalized spacial score (nSPS) is 22.9. The van der Waals surface area contributed by atoms with Crippen LogP contribution in [-0.4, -0.2) is 55.5 Å². The van der Waals surface area contributed by atoms with Crippen molar-refractivity contribution in [2.75, 3.05) is 13.1 Å². The number of Topliss-reactive ketones (excluding diaryl/α,β-unsaturated/α-hetero) is 1. The average Bonchev–Trinajstić information content (AvgIpc) is 3.31. The van der Waals surface area contributed by atoms with Gasteiger partial charge in [0.1, 0.15) is 0 Å². The Morgan fingerprint density at radius 1 is 1.00 bits per heavy atom. The van der Waals surface area contributed by atoms with Gasteiger partial charge in [0.15, 0.2) is 11.5 Å². The molecular weight excluding hydrogens is 596 g/mol. The van der Waals surface area contributed by atoms with Gasteiger partial charge in [0.2, 0.25) is 0 Å². The number of hydrogen-bond acceptors (Lipinski definition) is 5. The Kier molecular flexibility index (Phi) is 9.62. The lowest BCUT2D eigenvalue weighted by molar-refractivity contribution is -0.147. The SMILES string of the molecule is CC(C)(C)CC1CC(CN(CC(=O)c2c(Cl)cncc2Cl)C(=O)c2cnn([C@H]3CC[C@H](C(=O)O)CC3)c2C(F)(F)F)C1. The zero-order chi connectivity index (χ0) is 31.0. The molecule has 1 N–H and O–H groups in total. The van der Waals surface area contributed by atoms with Gasteiger partial charge in [-0.3, -0.25) is 24.0 Å². The van der Waals surface area contributed by atoms with Crippen molar-refractivity contribution >= 4 is 40.9 Å². The lowest BCUT2D eigenvalue weighted by Gasteiger charge is -2.41. The summed E-state index contributed by atoms with van der Waals surface area (Å²) in [6.45, 7) is 6.00. The van der Waals surface area contributed by atoms with Crippen LogP contribution in [0.1, 0.15) is 98.2 Å². The number of rotatable bonds is 9. The summed E-state index contributed by atoms with van der Waals surface area (Å²) in [7, 11) is 0. The predicted octanol–water partition coefficient (Wildman–Crippen LogP) is 7.21. The Balaban J connectivity index is 1.62. The smallest absolute Gasteiger partial charge is 0.433 e. The number of nitrogens with zero attached hydrogens (tertiary/aromatic N) is 4. The van der Waals surface area contributed by atoms with Gasteiger partial charge in [0.25, 0.3) is 5.91 Å². The quantitative estimate of drug-likeness (QED) is 0.294. The van der Waals surface area contributed by atoms with Gasteiger partial charge < -0.3 is 10.0 Å². The second-order valence-corrected chi connectivity index (χ2v) is 13.6. The van der Waals surface area contributed by atoms with E-state index in [1.165, 1.54) is 12.4 Å². The molecule has 13 heteroatoms. The van der Waals surface area contributed by atoms with Crippen LogP contribution in [0.4, 0.5) is 13.2 Å². The van der Waals surface area contributed by atoms with E-state index >= 15 is 0 Å². The molecule has 2 fully saturated rings. The molecular formula is C29H35Cl2F3N4O4. The fourth-order valence-corrected chi connectivity index (χ4v) is 6.91. The summed E-state index contributed by atoms with van der Waals surface area (Å²) in [6.07, 6.45) is 1.84. The highest BCUT2D eigenvalue weighted by atomic mass is 35.5. The molecule has 42 heavy (non-hydrogen) atoms. The van der Waals surface area contributed by atoms with Gasteiger partial charge >= 0.3 is 12.1 Å². The molecule has 0 atom stereocenters. The first-order chi connectivity index (χ1) is 19.5. The Bertz CT molecular complexity index is 1310. The molecule has 4 rings (SSSR count). The standard InChI is InChI=1S/C29H35Cl2F3N4O4/c1-28(2,3)10-16-8-17(9-16)14-37(15-23(39)24-21(30)12-35-13-22(24)31)26(40)20-11-36-38(25(20)29(32,33)34)19-6-4-18(5-7-19)27(41)42/h11-13,16-19H,4-10,14-15H2,1-3H3,(H,41,42)/t16?,17?,18-,19-. The maximum Gasteiger partial charge on any atom is 0.433 e. The second kappa shape index (κ2) is 12.5. The van der Waals surface area contributed by atoms with E-state index in [9.17, 15) is 32.7 Å². The molecule has 0 aromatic carbocycles. The summed E-state index contributed by atoms with van der Waals surface area (Å²) < 4.78 is 44.2. The van der Waals surface area contributed by atoms with E-state index in [1.807, 2.05) is 0 Å². The van der Waals surface area contributed by atoms with Crippen LogP contribution in [0.2, 0.25) is 10.0 Å². The maximum absolute atomic E-state index is 14.5. The summed E-state index contributed by atoms with van der Waals surface area (Å²) in [5.74, 6) is -2.71. The minimum Gasteiger partial charge on any atom is -0.481 e. The van der Waals surface area contributed by atoms with E-state index in [4.69, 9.17) is 23.2 Å². The number of carboxylic acid groups (broad SMARTS) is 1. The van der Waals surface area contributed by atoms with Crippen molar-refractivity contribution in [1.29, 1.82) is 0 Å². The Labute approximate surface area is 252 Å². The summed E-state index contributed by atoms with van der Waals surface area (Å²) >= 11 is 12.3. The monoisotopic (exact) mass is 630 g/mol. The molecule has 0 spiro atoms. The first-order valence-electron chi connectivity index (χ1n) is 14.0. The molecule has 2 saturated carbocycles. The first kappa shape index (κ1) is 32.3. The molecule has 1 amide bonds. The highest BCUT2D eigenvalue weighted by molar-refractivity contribution is 6.39. The van der Waals surface area contributed by atoms with Gasteiger partial charge in [0, 0.05) is 18.9 Å². The maximum atomic E-state index is 14.5. The first-order valence-corrected chi connectivity index (χ1v) is 14.8. The van der Waals surface area contributed by atoms with Crippen LogP contribution in [0.25, 0.3) is 0 Å². The Morgan fingerprint density at radius 3 is 2.12 bits per heavy atom. The van der Waals surface area contributed by atoms with Crippen molar-refractivity contribution in [2.45, 2.75) is 77.9 Å². The third-order valence-corrected chi connectivity index (χ3v) is 8.73. The molecule has 0 radical (unpaired) electrons. The van der Waals surface area contributed by atoms with Gasteiger partial charge in [-0.15, -0.1) is 0 Å². The molecule has 230 valence electrons. The summed E-state index contributed by atoms with van der Waals surface area (Å²) in [5.41, 5.74) is -1.77. The lowest BCUT2D eigenvalue weighted by atomic mass is 9.68. The number of aromatic nitrogens is 3. The number of carbonyl (C=O) groups is 3. The Hall–Kier alpha value is -2.66. The lowest BCUT2D eigenvalue weighted by Crippen LogP contribution is -2.43.